The largest absolute Gasteiger partial charge is 0.355 e. The lowest BCUT2D eigenvalue weighted by Gasteiger charge is -2.11. The van der Waals surface area contributed by atoms with Crippen LogP contribution in [-0.4, -0.2) is 4.98 Å². The van der Waals surface area contributed by atoms with Crippen LogP contribution in [0.25, 0.3) is 66.3 Å². The number of fused-ring (bicyclic) bond motifs is 3. The van der Waals surface area contributed by atoms with Gasteiger partial charge in [-0.25, -0.2) is 0 Å². The molecule has 7 rings (SSSR count). The molecule has 1 N–H and O–H groups in total. The zero-order chi connectivity index (χ0) is 24.6. The topological polar surface area (TPSA) is 15.8 Å². The number of rotatable bonds is 4. The highest BCUT2D eigenvalue weighted by molar-refractivity contribution is 6.10. The first-order valence-electron chi connectivity index (χ1n) is 12.7. The lowest BCUT2D eigenvalue weighted by molar-refractivity contribution is 1.54. The van der Waals surface area contributed by atoms with Crippen LogP contribution in [0.15, 0.2) is 146 Å². The van der Waals surface area contributed by atoms with E-state index in [0.717, 1.165) is 11.0 Å². The summed E-state index contributed by atoms with van der Waals surface area (Å²) in [7, 11) is 0. The number of nitrogens with one attached hydrogen (secondary N) is 1. The highest BCUT2D eigenvalue weighted by atomic mass is 14.7. The molecule has 0 atom stereocenters. The van der Waals surface area contributed by atoms with Gasteiger partial charge in [-0.15, -0.1) is 0 Å². The van der Waals surface area contributed by atoms with Crippen LogP contribution in [0.4, 0.5) is 0 Å². The molecule has 7 aromatic rings. The predicted octanol–water partition coefficient (Wildman–Crippen LogP) is 10.2. The van der Waals surface area contributed by atoms with Crippen molar-refractivity contribution in [3.8, 4) is 44.5 Å². The third kappa shape index (κ3) is 3.82. The van der Waals surface area contributed by atoms with E-state index >= 15 is 0 Å². The zero-order valence-electron chi connectivity index (χ0n) is 20.4. The van der Waals surface area contributed by atoms with E-state index in [1.54, 1.807) is 0 Å². The molecular weight excluding hydrogens is 446 g/mol. The summed E-state index contributed by atoms with van der Waals surface area (Å²) in [6.45, 7) is 0. The van der Waals surface area contributed by atoms with Crippen LogP contribution in [0.5, 0.6) is 0 Å². The minimum Gasteiger partial charge on any atom is -0.355 e. The van der Waals surface area contributed by atoms with E-state index in [9.17, 15) is 0 Å². The summed E-state index contributed by atoms with van der Waals surface area (Å²) in [5.41, 5.74) is 12.2. The van der Waals surface area contributed by atoms with Crippen molar-refractivity contribution >= 4 is 21.8 Å². The van der Waals surface area contributed by atoms with E-state index in [0.29, 0.717) is 0 Å². The molecule has 0 aliphatic heterocycles. The van der Waals surface area contributed by atoms with Crippen molar-refractivity contribution in [2.24, 2.45) is 0 Å². The Kier molecular flexibility index (Phi) is 5.19. The average molecular weight is 474 g/mol. The monoisotopic (exact) mass is 473 g/mol. The fourth-order valence-electron chi connectivity index (χ4n) is 5.44. The first kappa shape index (κ1) is 21.4. The average Bonchev–Trinajstić information content (AvgIpc) is 3.35. The summed E-state index contributed by atoms with van der Waals surface area (Å²) < 4.78 is 0. The van der Waals surface area contributed by atoms with Gasteiger partial charge < -0.3 is 4.98 Å². The number of hydrogen-bond donors (Lipinski definition) is 1. The Labute approximate surface area is 218 Å². The van der Waals surface area contributed by atoms with Crippen LogP contribution in [-0.2, 0) is 0 Å². The Balaban J connectivity index is 0.00000264. The van der Waals surface area contributed by atoms with Crippen LogP contribution in [0.2, 0.25) is 0 Å². The molecule has 0 saturated carbocycles. The number of benzene rings is 6. The lowest BCUT2D eigenvalue weighted by Crippen LogP contribution is -1.85. The van der Waals surface area contributed by atoms with Gasteiger partial charge in [0.2, 0.25) is 0 Å². The first-order valence-corrected chi connectivity index (χ1v) is 12.7. The Morgan fingerprint density at radius 1 is 0.324 bits per heavy atom. The van der Waals surface area contributed by atoms with Gasteiger partial charge in [0.15, 0.2) is 0 Å². The van der Waals surface area contributed by atoms with Gasteiger partial charge in [0.1, 0.15) is 0 Å². The summed E-state index contributed by atoms with van der Waals surface area (Å²) >= 11 is 0. The highest BCUT2D eigenvalue weighted by Gasteiger charge is 2.12. The Morgan fingerprint density at radius 3 is 1.08 bits per heavy atom. The van der Waals surface area contributed by atoms with Gasteiger partial charge in [0.05, 0.1) is 0 Å². The van der Waals surface area contributed by atoms with E-state index in [1.165, 1.54) is 55.3 Å². The molecule has 1 nitrogen and oxygen atoms in total. The predicted molar refractivity (Wildman–Crippen MR) is 160 cm³/mol. The zero-order valence-corrected chi connectivity index (χ0v) is 20.4. The molecule has 0 radical (unpaired) electrons. The SMILES string of the molecule is [HH].c1ccc(-c2ccccc2-c2ccc3[nH]c4ccc(-c5ccccc5-c5ccccc5)cc4c3c2)cc1. The van der Waals surface area contributed by atoms with Crippen molar-refractivity contribution in [3.05, 3.63) is 146 Å². The molecule has 1 heteroatoms. The molecule has 0 amide bonds. The second-order valence-corrected chi connectivity index (χ2v) is 9.47. The fraction of sp³-hybridized carbons (Fsp3) is 0. The molecule has 0 saturated heterocycles. The van der Waals surface area contributed by atoms with Crippen molar-refractivity contribution in [3.63, 3.8) is 0 Å². The molecule has 0 aliphatic rings. The fourth-order valence-corrected chi connectivity index (χ4v) is 5.44. The van der Waals surface area contributed by atoms with Crippen molar-refractivity contribution in [2.75, 3.05) is 0 Å². The summed E-state index contributed by atoms with van der Waals surface area (Å²) in [4.78, 5) is 3.63. The minimum absolute atomic E-state index is 0. The second-order valence-electron chi connectivity index (χ2n) is 9.47. The quantitative estimate of drug-likeness (QED) is 0.262. The molecule has 0 unspecified atom stereocenters. The van der Waals surface area contributed by atoms with Crippen LogP contribution in [0.1, 0.15) is 1.43 Å². The number of aromatic nitrogens is 1. The van der Waals surface area contributed by atoms with Gasteiger partial charge in [-0.3, -0.25) is 0 Å². The van der Waals surface area contributed by atoms with Crippen molar-refractivity contribution in [1.82, 2.24) is 4.98 Å². The third-order valence-corrected chi connectivity index (χ3v) is 7.24. The summed E-state index contributed by atoms with van der Waals surface area (Å²) in [6, 6.07) is 52.2. The third-order valence-electron chi connectivity index (χ3n) is 7.24. The molecule has 0 aliphatic carbocycles. The van der Waals surface area contributed by atoms with Gasteiger partial charge in [-0.2, -0.15) is 0 Å². The van der Waals surface area contributed by atoms with E-state index in [4.69, 9.17) is 0 Å². The Morgan fingerprint density at radius 2 is 0.676 bits per heavy atom. The van der Waals surface area contributed by atoms with E-state index in [-0.39, 0.29) is 1.43 Å². The maximum absolute atomic E-state index is 3.63. The highest BCUT2D eigenvalue weighted by Crippen LogP contribution is 2.38. The molecule has 1 aromatic heterocycles. The molecule has 0 fully saturated rings. The van der Waals surface area contributed by atoms with Crippen LogP contribution >= 0.6 is 0 Å². The summed E-state index contributed by atoms with van der Waals surface area (Å²) in [5.74, 6) is 0. The smallest absolute Gasteiger partial charge is 0.0465 e. The van der Waals surface area contributed by atoms with Gasteiger partial charge >= 0.3 is 0 Å². The molecule has 0 spiro atoms. The number of hydrogen-bond acceptors (Lipinski definition) is 0. The molecular formula is C36H27N. The first-order chi connectivity index (χ1) is 18.3. The van der Waals surface area contributed by atoms with Crippen LogP contribution in [0.3, 0.4) is 0 Å². The van der Waals surface area contributed by atoms with Gasteiger partial charge in [0, 0.05) is 23.2 Å². The van der Waals surface area contributed by atoms with E-state index in [2.05, 4.69) is 151 Å². The Hall–Kier alpha value is -4.88. The van der Waals surface area contributed by atoms with Gasteiger partial charge in [0.25, 0.3) is 0 Å². The molecule has 37 heavy (non-hydrogen) atoms. The summed E-state index contributed by atoms with van der Waals surface area (Å²) in [6.07, 6.45) is 0. The van der Waals surface area contributed by atoms with E-state index in [1.807, 2.05) is 0 Å². The van der Waals surface area contributed by atoms with Crippen molar-refractivity contribution in [2.45, 2.75) is 0 Å². The molecule has 176 valence electrons. The lowest BCUT2D eigenvalue weighted by atomic mass is 9.92. The van der Waals surface area contributed by atoms with Crippen LogP contribution < -0.4 is 0 Å². The van der Waals surface area contributed by atoms with Crippen molar-refractivity contribution in [1.29, 1.82) is 0 Å². The molecule has 6 aromatic carbocycles. The second kappa shape index (κ2) is 8.96. The van der Waals surface area contributed by atoms with Gasteiger partial charge in [-0.1, -0.05) is 121 Å². The normalized spacial score (nSPS) is 11.2. The van der Waals surface area contributed by atoms with E-state index < -0.39 is 0 Å². The van der Waals surface area contributed by atoms with Gasteiger partial charge in [-0.05, 0) is 68.8 Å². The molecule has 1 heterocycles. The van der Waals surface area contributed by atoms with Crippen LogP contribution in [0, 0.1) is 0 Å². The number of H-pyrrole nitrogens is 1. The number of aromatic amines is 1. The summed E-state index contributed by atoms with van der Waals surface area (Å²) in [5, 5.41) is 2.49. The molecule has 0 bridgehead atoms. The Bertz CT molecular complexity index is 1730. The van der Waals surface area contributed by atoms with Crippen molar-refractivity contribution < 1.29 is 1.43 Å². The maximum Gasteiger partial charge on any atom is 0.0465 e. The minimum atomic E-state index is 0. The standard InChI is InChI=1S/C36H25N.H2/c1-3-11-25(12-4-1)29-15-7-9-17-31(29)27-19-21-35-33(23-27)34-24-28(20-22-36(34)37-35)32-18-10-8-16-30(32)26-13-5-2-6-14-26;/h1-24,37H;1H. The maximum atomic E-state index is 3.63.